The van der Waals surface area contributed by atoms with E-state index < -0.39 is 5.97 Å². The number of ether oxygens (including phenoxy) is 1. The predicted molar refractivity (Wildman–Crippen MR) is 119 cm³/mol. The molecular formula is C24H20FNO3S. The van der Waals surface area contributed by atoms with Gasteiger partial charge in [0.1, 0.15) is 16.4 Å². The number of carbonyl (C=O) groups excluding carboxylic acids is 2. The number of amides is 1. The van der Waals surface area contributed by atoms with Gasteiger partial charge in [-0.25, -0.2) is 9.18 Å². The van der Waals surface area contributed by atoms with E-state index >= 15 is 0 Å². The summed E-state index contributed by atoms with van der Waals surface area (Å²) < 4.78 is 18.4. The molecule has 6 heteroatoms. The number of allylic oxidation sites excluding steroid dienone is 2. The maximum atomic E-state index is 13.3. The lowest BCUT2D eigenvalue weighted by atomic mass is 10.0. The van der Waals surface area contributed by atoms with Crippen LogP contribution in [0.2, 0.25) is 0 Å². The molecule has 0 aliphatic heterocycles. The van der Waals surface area contributed by atoms with Gasteiger partial charge >= 0.3 is 5.97 Å². The maximum absolute atomic E-state index is 13.3. The summed E-state index contributed by atoms with van der Waals surface area (Å²) in [5, 5.41) is 4.86. The number of esters is 1. The third-order valence-electron chi connectivity index (χ3n) is 4.11. The molecule has 0 spiro atoms. The van der Waals surface area contributed by atoms with Crippen LogP contribution < -0.4 is 5.32 Å². The van der Waals surface area contributed by atoms with Gasteiger partial charge in [-0.05, 0) is 30.2 Å². The second kappa shape index (κ2) is 10.3. The summed E-state index contributed by atoms with van der Waals surface area (Å²) in [6.07, 6.45) is 6.65. The van der Waals surface area contributed by atoms with Crippen molar-refractivity contribution in [2.24, 2.45) is 0 Å². The number of hydrogen-bond acceptors (Lipinski definition) is 4. The highest BCUT2D eigenvalue weighted by Crippen LogP contribution is 2.36. The molecule has 0 aliphatic rings. The molecule has 1 aromatic heterocycles. The molecule has 0 unspecified atom stereocenters. The van der Waals surface area contributed by atoms with E-state index in [1.165, 1.54) is 29.5 Å². The highest BCUT2D eigenvalue weighted by atomic mass is 32.1. The zero-order valence-corrected chi connectivity index (χ0v) is 17.1. The van der Waals surface area contributed by atoms with Crippen LogP contribution in [0.3, 0.4) is 0 Å². The number of nitrogens with one attached hydrogen (secondary N) is 1. The van der Waals surface area contributed by atoms with Crippen LogP contribution in [0.15, 0.2) is 78.2 Å². The van der Waals surface area contributed by atoms with Crippen molar-refractivity contribution in [3.8, 4) is 11.1 Å². The minimum absolute atomic E-state index is 0.203. The molecule has 2 aromatic carbocycles. The Bertz CT molecular complexity index is 1070. The summed E-state index contributed by atoms with van der Waals surface area (Å²) in [5.41, 5.74) is 2.53. The second-order valence-electron chi connectivity index (χ2n) is 6.20. The van der Waals surface area contributed by atoms with Gasteiger partial charge in [0.15, 0.2) is 0 Å². The third kappa shape index (κ3) is 5.52. The molecule has 1 heterocycles. The van der Waals surface area contributed by atoms with Crippen molar-refractivity contribution in [2.45, 2.75) is 6.92 Å². The fourth-order valence-electron chi connectivity index (χ4n) is 2.73. The summed E-state index contributed by atoms with van der Waals surface area (Å²) in [6, 6.07) is 15.5. The number of anilines is 1. The first kappa shape index (κ1) is 21.2. The Hall–Kier alpha value is -3.51. The zero-order chi connectivity index (χ0) is 21.3. The summed E-state index contributed by atoms with van der Waals surface area (Å²) in [5.74, 6) is -1.28. The largest absolute Gasteiger partial charge is 0.462 e. The standard InChI is InChI=1S/C24H20FNO3S/c1-2-29-24(28)22-20(18-12-14-19(25)15-13-18)16-30-23(22)26-21(27)11-7-6-10-17-8-4-3-5-9-17/h3-16H,2H2,1H3,(H,26,27)/b10-6+,11-7+. The Morgan fingerprint density at radius 1 is 1.07 bits per heavy atom. The summed E-state index contributed by atoms with van der Waals surface area (Å²) in [7, 11) is 0. The molecule has 0 fully saturated rings. The fourth-order valence-corrected chi connectivity index (χ4v) is 3.69. The molecule has 1 N–H and O–H groups in total. The van der Waals surface area contributed by atoms with Gasteiger partial charge in [0.05, 0.1) is 6.61 Å². The molecule has 3 aromatic rings. The van der Waals surface area contributed by atoms with E-state index in [4.69, 9.17) is 4.74 Å². The number of thiophene rings is 1. The van der Waals surface area contributed by atoms with Crippen LogP contribution in [0.1, 0.15) is 22.8 Å². The lowest BCUT2D eigenvalue weighted by Crippen LogP contribution is -2.12. The molecular weight excluding hydrogens is 401 g/mol. The molecule has 0 radical (unpaired) electrons. The van der Waals surface area contributed by atoms with Gasteiger partial charge in [-0.3, -0.25) is 4.79 Å². The van der Waals surface area contributed by atoms with Crippen LogP contribution in [0.5, 0.6) is 0 Å². The maximum Gasteiger partial charge on any atom is 0.341 e. The average molecular weight is 421 g/mol. The van der Waals surface area contributed by atoms with Crippen LogP contribution in [0.25, 0.3) is 17.2 Å². The average Bonchev–Trinajstić information content (AvgIpc) is 3.16. The van der Waals surface area contributed by atoms with Crippen molar-refractivity contribution >= 4 is 34.3 Å². The van der Waals surface area contributed by atoms with Gasteiger partial charge in [-0.15, -0.1) is 11.3 Å². The SMILES string of the molecule is CCOC(=O)c1c(-c2ccc(F)cc2)csc1NC(=O)/C=C/C=C/c1ccccc1. The minimum Gasteiger partial charge on any atom is -0.462 e. The molecule has 0 bridgehead atoms. The Balaban J connectivity index is 1.78. The minimum atomic E-state index is -0.540. The topological polar surface area (TPSA) is 55.4 Å². The highest BCUT2D eigenvalue weighted by Gasteiger charge is 2.22. The summed E-state index contributed by atoms with van der Waals surface area (Å²) in [4.78, 5) is 24.8. The van der Waals surface area contributed by atoms with Crippen molar-refractivity contribution in [1.82, 2.24) is 0 Å². The van der Waals surface area contributed by atoms with Crippen LogP contribution in [-0.4, -0.2) is 18.5 Å². The van der Waals surface area contributed by atoms with E-state index in [0.29, 0.717) is 16.1 Å². The number of rotatable bonds is 7. The molecule has 4 nitrogen and oxygen atoms in total. The molecule has 1 amide bonds. The zero-order valence-electron chi connectivity index (χ0n) is 16.3. The van der Waals surface area contributed by atoms with Crippen LogP contribution >= 0.6 is 11.3 Å². The predicted octanol–water partition coefficient (Wildman–Crippen LogP) is 5.94. The van der Waals surface area contributed by atoms with Crippen LogP contribution in [0.4, 0.5) is 9.39 Å². The van der Waals surface area contributed by atoms with E-state index in [1.54, 1.807) is 36.6 Å². The van der Waals surface area contributed by atoms with E-state index in [-0.39, 0.29) is 23.9 Å². The van der Waals surface area contributed by atoms with Crippen molar-refractivity contribution in [3.05, 3.63) is 95.1 Å². The van der Waals surface area contributed by atoms with Crippen LogP contribution in [0, 0.1) is 5.82 Å². The van der Waals surface area contributed by atoms with E-state index in [2.05, 4.69) is 5.32 Å². The van der Waals surface area contributed by atoms with Crippen LogP contribution in [-0.2, 0) is 9.53 Å². The van der Waals surface area contributed by atoms with Gasteiger partial charge in [-0.2, -0.15) is 0 Å². The number of carbonyl (C=O) groups is 2. The summed E-state index contributed by atoms with van der Waals surface area (Å²) >= 11 is 1.22. The van der Waals surface area contributed by atoms with Crippen molar-refractivity contribution in [3.63, 3.8) is 0 Å². The Kier molecular flexibility index (Phi) is 7.29. The van der Waals surface area contributed by atoms with E-state index in [1.807, 2.05) is 36.4 Å². The van der Waals surface area contributed by atoms with E-state index in [9.17, 15) is 14.0 Å². The van der Waals surface area contributed by atoms with Gasteiger partial charge in [0.2, 0.25) is 5.91 Å². The Labute approximate surface area is 178 Å². The molecule has 0 saturated heterocycles. The molecule has 152 valence electrons. The normalized spacial score (nSPS) is 11.1. The summed E-state index contributed by atoms with van der Waals surface area (Å²) in [6.45, 7) is 1.91. The fraction of sp³-hybridized carbons (Fsp3) is 0.0833. The number of halogens is 1. The number of hydrogen-bond donors (Lipinski definition) is 1. The first-order chi connectivity index (χ1) is 14.6. The van der Waals surface area contributed by atoms with E-state index in [0.717, 1.165) is 5.56 Å². The Morgan fingerprint density at radius 3 is 2.50 bits per heavy atom. The van der Waals surface area contributed by atoms with Gasteiger partial charge in [0.25, 0.3) is 0 Å². The molecule has 0 saturated carbocycles. The monoisotopic (exact) mass is 421 g/mol. The Morgan fingerprint density at radius 2 is 1.80 bits per heavy atom. The lowest BCUT2D eigenvalue weighted by molar-refractivity contribution is -0.111. The molecule has 0 aliphatic carbocycles. The van der Waals surface area contributed by atoms with Crippen molar-refractivity contribution < 1.29 is 18.7 Å². The lowest BCUT2D eigenvalue weighted by Gasteiger charge is -2.08. The molecule has 3 rings (SSSR count). The van der Waals surface area contributed by atoms with Crippen molar-refractivity contribution in [2.75, 3.05) is 11.9 Å². The first-order valence-electron chi connectivity index (χ1n) is 9.34. The highest BCUT2D eigenvalue weighted by molar-refractivity contribution is 7.15. The van der Waals surface area contributed by atoms with Crippen molar-refractivity contribution in [1.29, 1.82) is 0 Å². The quantitative estimate of drug-likeness (QED) is 0.292. The number of benzene rings is 2. The first-order valence-corrected chi connectivity index (χ1v) is 10.2. The smallest absolute Gasteiger partial charge is 0.341 e. The molecule has 30 heavy (non-hydrogen) atoms. The third-order valence-corrected chi connectivity index (χ3v) is 5.00. The van der Waals surface area contributed by atoms with Gasteiger partial charge in [0, 0.05) is 17.0 Å². The van der Waals surface area contributed by atoms with Gasteiger partial charge in [-0.1, -0.05) is 60.7 Å². The second-order valence-corrected chi connectivity index (χ2v) is 7.08. The molecule has 0 atom stereocenters. The van der Waals surface area contributed by atoms with Gasteiger partial charge < -0.3 is 10.1 Å².